The van der Waals surface area contributed by atoms with Crippen LogP contribution in [0.5, 0.6) is 0 Å². The summed E-state index contributed by atoms with van der Waals surface area (Å²) in [4.78, 5) is 0. The van der Waals surface area contributed by atoms with Crippen LogP contribution in [-0.2, 0) is 15.6 Å². The Bertz CT molecular complexity index is 695. The SMILES string of the molecule is O=S(=O)(CCO)Cc1ccc(N=Nc2ccccc2)cc1. The molecule has 0 atom stereocenters. The summed E-state index contributed by atoms with van der Waals surface area (Å²) >= 11 is 0. The number of benzene rings is 2. The van der Waals surface area contributed by atoms with Gasteiger partial charge in [0, 0.05) is 0 Å². The van der Waals surface area contributed by atoms with Gasteiger partial charge in [-0.05, 0) is 29.8 Å². The van der Waals surface area contributed by atoms with Crippen LogP contribution in [0.3, 0.4) is 0 Å². The van der Waals surface area contributed by atoms with Gasteiger partial charge in [0.25, 0.3) is 0 Å². The third-order valence-electron chi connectivity index (χ3n) is 2.76. The second kappa shape index (κ2) is 7.10. The second-order valence-electron chi connectivity index (χ2n) is 4.52. The predicted molar refractivity (Wildman–Crippen MR) is 81.6 cm³/mol. The fourth-order valence-corrected chi connectivity index (χ4v) is 2.86. The van der Waals surface area contributed by atoms with E-state index in [9.17, 15) is 8.42 Å². The average Bonchev–Trinajstić information content (AvgIpc) is 2.47. The number of sulfone groups is 1. The van der Waals surface area contributed by atoms with Gasteiger partial charge >= 0.3 is 0 Å². The first-order valence-electron chi connectivity index (χ1n) is 6.46. The lowest BCUT2D eigenvalue weighted by molar-refractivity contribution is 0.319. The summed E-state index contributed by atoms with van der Waals surface area (Å²) in [7, 11) is -3.26. The molecule has 6 heteroatoms. The zero-order valence-electron chi connectivity index (χ0n) is 11.4. The van der Waals surface area contributed by atoms with Gasteiger partial charge in [-0.15, -0.1) is 0 Å². The summed E-state index contributed by atoms with van der Waals surface area (Å²) in [6, 6.07) is 16.2. The van der Waals surface area contributed by atoms with Gasteiger partial charge in [-0.25, -0.2) is 8.42 Å². The highest BCUT2D eigenvalue weighted by Crippen LogP contribution is 2.19. The molecule has 0 aliphatic carbocycles. The summed E-state index contributed by atoms with van der Waals surface area (Å²) in [6.07, 6.45) is 0. The fourth-order valence-electron chi connectivity index (χ4n) is 1.73. The minimum Gasteiger partial charge on any atom is -0.395 e. The van der Waals surface area contributed by atoms with Gasteiger partial charge in [-0.1, -0.05) is 30.3 Å². The van der Waals surface area contributed by atoms with Gasteiger partial charge < -0.3 is 5.11 Å². The van der Waals surface area contributed by atoms with Crippen LogP contribution in [0.4, 0.5) is 11.4 Å². The van der Waals surface area contributed by atoms with E-state index in [-0.39, 0.29) is 18.1 Å². The quantitative estimate of drug-likeness (QED) is 0.833. The molecule has 0 saturated heterocycles. The molecule has 0 saturated carbocycles. The van der Waals surface area contributed by atoms with Crippen LogP contribution in [0, 0.1) is 0 Å². The van der Waals surface area contributed by atoms with E-state index in [1.54, 1.807) is 24.3 Å². The van der Waals surface area contributed by atoms with E-state index in [1.807, 2.05) is 30.3 Å². The van der Waals surface area contributed by atoms with Gasteiger partial charge in [0.1, 0.15) is 0 Å². The molecule has 0 fully saturated rings. The van der Waals surface area contributed by atoms with E-state index in [0.717, 1.165) is 5.69 Å². The number of aliphatic hydroxyl groups excluding tert-OH is 1. The summed E-state index contributed by atoms with van der Waals surface area (Å²) in [6.45, 7) is -0.355. The molecule has 0 spiro atoms. The van der Waals surface area contributed by atoms with E-state index < -0.39 is 9.84 Å². The van der Waals surface area contributed by atoms with E-state index in [4.69, 9.17) is 5.11 Å². The first-order valence-corrected chi connectivity index (χ1v) is 8.28. The fraction of sp³-hybridized carbons (Fsp3) is 0.200. The predicted octanol–water partition coefficient (Wildman–Crippen LogP) is 3.01. The van der Waals surface area contributed by atoms with Crippen LogP contribution in [0.25, 0.3) is 0 Å². The second-order valence-corrected chi connectivity index (χ2v) is 6.70. The maximum Gasteiger partial charge on any atom is 0.156 e. The lowest BCUT2D eigenvalue weighted by Gasteiger charge is -2.02. The molecular weight excluding hydrogens is 288 g/mol. The molecule has 0 heterocycles. The lowest BCUT2D eigenvalue weighted by atomic mass is 10.2. The maximum absolute atomic E-state index is 11.6. The molecule has 0 aliphatic heterocycles. The molecule has 0 bridgehead atoms. The Morgan fingerprint density at radius 1 is 0.857 bits per heavy atom. The van der Waals surface area contributed by atoms with Crippen molar-refractivity contribution in [1.82, 2.24) is 0 Å². The Labute approximate surface area is 123 Å². The Kier molecular flexibility index (Phi) is 5.19. The molecule has 110 valence electrons. The van der Waals surface area contributed by atoms with Crippen molar-refractivity contribution in [1.29, 1.82) is 0 Å². The van der Waals surface area contributed by atoms with Gasteiger partial charge in [0.05, 0.1) is 29.5 Å². The molecule has 0 aromatic heterocycles. The Morgan fingerprint density at radius 3 is 2.00 bits per heavy atom. The van der Waals surface area contributed by atoms with E-state index in [2.05, 4.69) is 10.2 Å². The molecule has 21 heavy (non-hydrogen) atoms. The highest BCUT2D eigenvalue weighted by molar-refractivity contribution is 7.90. The molecule has 2 aromatic rings. The van der Waals surface area contributed by atoms with Gasteiger partial charge in [-0.2, -0.15) is 10.2 Å². The number of hydrogen-bond donors (Lipinski definition) is 1. The highest BCUT2D eigenvalue weighted by atomic mass is 32.2. The smallest absolute Gasteiger partial charge is 0.156 e. The third-order valence-corrected chi connectivity index (χ3v) is 4.34. The van der Waals surface area contributed by atoms with Crippen molar-refractivity contribution >= 4 is 21.2 Å². The molecule has 0 amide bonds. The van der Waals surface area contributed by atoms with Crippen molar-refractivity contribution in [3.05, 3.63) is 60.2 Å². The summed E-state index contributed by atoms with van der Waals surface area (Å²) in [5.41, 5.74) is 2.08. The van der Waals surface area contributed by atoms with Crippen molar-refractivity contribution in [2.75, 3.05) is 12.4 Å². The Hall–Kier alpha value is -2.05. The standard InChI is InChI=1S/C15H16N2O3S/c18-10-11-21(19,20)12-13-6-8-15(9-7-13)17-16-14-4-2-1-3-5-14/h1-9,18H,10-12H2. The van der Waals surface area contributed by atoms with Crippen LogP contribution in [0.1, 0.15) is 5.56 Å². The van der Waals surface area contributed by atoms with Gasteiger partial charge in [-0.3, -0.25) is 0 Å². The zero-order chi connectivity index (χ0) is 15.1. The number of hydrogen-bond acceptors (Lipinski definition) is 5. The van der Waals surface area contributed by atoms with Crippen molar-refractivity contribution in [2.24, 2.45) is 10.2 Å². The molecule has 0 aliphatic rings. The number of azo groups is 1. The normalized spacial score (nSPS) is 11.9. The monoisotopic (exact) mass is 304 g/mol. The van der Waals surface area contributed by atoms with Crippen molar-refractivity contribution in [3.8, 4) is 0 Å². The maximum atomic E-state index is 11.6. The van der Waals surface area contributed by atoms with Gasteiger partial charge in [0.15, 0.2) is 9.84 Å². The minimum absolute atomic E-state index is 0.0797. The van der Waals surface area contributed by atoms with Crippen molar-refractivity contribution < 1.29 is 13.5 Å². The number of nitrogens with zero attached hydrogens (tertiary/aromatic N) is 2. The van der Waals surface area contributed by atoms with E-state index in [0.29, 0.717) is 11.3 Å². The van der Waals surface area contributed by atoms with Crippen molar-refractivity contribution in [3.63, 3.8) is 0 Å². The highest BCUT2D eigenvalue weighted by Gasteiger charge is 2.10. The summed E-state index contributed by atoms with van der Waals surface area (Å²) in [5, 5.41) is 16.9. The molecular formula is C15H16N2O3S. The van der Waals surface area contributed by atoms with E-state index >= 15 is 0 Å². The van der Waals surface area contributed by atoms with Crippen LogP contribution < -0.4 is 0 Å². The topological polar surface area (TPSA) is 79.1 Å². The molecule has 0 unspecified atom stereocenters. The first-order chi connectivity index (χ1) is 10.1. The Balaban J connectivity index is 2.04. The summed E-state index contributed by atoms with van der Waals surface area (Å²) in [5.74, 6) is -0.299. The van der Waals surface area contributed by atoms with Crippen LogP contribution in [-0.4, -0.2) is 25.9 Å². The van der Waals surface area contributed by atoms with Crippen molar-refractivity contribution in [2.45, 2.75) is 5.75 Å². The molecule has 1 N–H and O–H groups in total. The van der Waals surface area contributed by atoms with Crippen LogP contribution >= 0.6 is 0 Å². The van der Waals surface area contributed by atoms with Crippen LogP contribution in [0.15, 0.2) is 64.8 Å². The number of rotatable bonds is 6. The van der Waals surface area contributed by atoms with Gasteiger partial charge in [0.2, 0.25) is 0 Å². The largest absolute Gasteiger partial charge is 0.395 e. The first kappa shape index (κ1) is 15.3. The van der Waals surface area contributed by atoms with E-state index in [1.165, 1.54) is 0 Å². The Morgan fingerprint density at radius 2 is 1.43 bits per heavy atom. The zero-order valence-corrected chi connectivity index (χ0v) is 12.2. The minimum atomic E-state index is -3.26. The third kappa shape index (κ3) is 5.09. The molecule has 5 nitrogen and oxygen atoms in total. The summed E-state index contributed by atoms with van der Waals surface area (Å²) < 4.78 is 23.2. The molecule has 2 aromatic carbocycles. The average molecular weight is 304 g/mol. The van der Waals surface area contributed by atoms with Crippen LogP contribution in [0.2, 0.25) is 0 Å². The molecule has 2 rings (SSSR count). The lowest BCUT2D eigenvalue weighted by Crippen LogP contribution is -2.12. The molecule has 0 radical (unpaired) electrons. The number of aliphatic hydroxyl groups is 1.